The Balaban J connectivity index is 3.61. The Labute approximate surface area is 77.1 Å². The smallest absolute Gasteiger partial charge is 0.330 e. The van der Waals surface area contributed by atoms with Gasteiger partial charge in [0.05, 0.1) is 7.11 Å². The van der Waals surface area contributed by atoms with Crippen molar-refractivity contribution in [2.45, 2.75) is 0 Å². The monoisotopic (exact) mass is 186 g/mol. The summed E-state index contributed by atoms with van der Waals surface area (Å²) in [6, 6.07) is 0. The highest BCUT2D eigenvalue weighted by Crippen LogP contribution is 1.77. The number of carbonyl (C=O) groups excluding carboxylic acids is 2. The van der Waals surface area contributed by atoms with Gasteiger partial charge in [-0.25, -0.2) is 4.79 Å². The van der Waals surface area contributed by atoms with E-state index in [2.05, 4.69) is 15.4 Å². The molecule has 0 aromatic rings. The molecule has 0 heterocycles. The maximum Gasteiger partial charge on any atom is 0.330 e. The van der Waals surface area contributed by atoms with Gasteiger partial charge in [-0.05, 0) is 7.05 Å². The molecule has 13 heavy (non-hydrogen) atoms. The van der Waals surface area contributed by atoms with Crippen LogP contribution in [0.2, 0.25) is 0 Å². The molecule has 0 bridgehead atoms. The van der Waals surface area contributed by atoms with Crippen molar-refractivity contribution >= 4 is 11.9 Å². The van der Waals surface area contributed by atoms with Gasteiger partial charge in [0.15, 0.2) is 0 Å². The van der Waals surface area contributed by atoms with Crippen LogP contribution < -0.4 is 10.6 Å². The van der Waals surface area contributed by atoms with Crippen LogP contribution in [-0.2, 0) is 14.3 Å². The van der Waals surface area contributed by atoms with Crippen molar-refractivity contribution in [3.05, 3.63) is 12.2 Å². The van der Waals surface area contributed by atoms with E-state index in [9.17, 15) is 9.59 Å². The summed E-state index contributed by atoms with van der Waals surface area (Å²) in [5.74, 6) is -0.843. The third-order valence-electron chi connectivity index (χ3n) is 1.25. The number of nitrogens with one attached hydrogen (secondary N) is 2. The van der Waals surface area contributed by atoms with Gasteiger partial charge < -0.3 is 15.4 Å². The minimum atomic E-state index is -0.538. The number of carbonyl (C=O) groups is 2. The Hall–Kier alpha value is -1.36. The van der Waals surface area contributed by atoms with Crippen LogP contribution in [0.5, 0.6) is 0 Å². The maximum atomic E-state index is 10.9. The van der Waals surface area contributed by atoms with E-state index in [1.54, 1.807) is 7.05 Å². The SMILES string of the molecule is CNCCNC(=O)/C=C\C(=O)OC. The van der Waals surface area contributed by atoms with Gasteiger partial charge in [-0.1, -0.05) is 0 Å². The van der Waals surface area contributed by atoms with Gasteiger partial charge in [0, 0.05) is 25.2 Å². The number of amides is 1. The summed E-state index contributed by atoms with van der Waals surface area (Å²) in [7, 11) is 3.04. The van der Waals surface area contributed by atoms with Crippen molar-refractivity contribution in [2.24, 2.45) is 0 Å². The molecule has 0 fully saturated rings. The number of hydrogen-bond acceptors (Lipinski definition) is 4. The van der Waals surface area contributed by atoms with E-state index in [1.807, 2.05) is 0 Å². The summed E-state index contributed by atoms with van der Waals surface area (Å²) in [5, 5.41) is 5.44. The van der Waals surface area contributed by atoms with Crippen molar-refractivity contribution in [3.63, 3.8) is 0 Å². The van der Waals surface area contributed by atoms with Gasteiger partial charge >= 0.3 is 5.97 Å². The Morgan fingerprint density at radius 2 is 2.00 bits per heavy atom. The second kappa shape index (κ2) is 7.30. The second-order valence-corrected chi connectivity index (χ2v) is 2.25. The molecule has 2 N–H and O–H groups in total. The Kier molecular flexibility index (Phi) is 6.53. The quantitative estimate of drug-likeness (QED) is 0.330. The first-order chi connectivity index (χ1) is 6.20. The van der Waals surface area contributed by atoms with Gasteiger partial charge in [0.1, 0.15) is 0 Å². The van der Waals surface area contributed by atoms with E-state index in [1.165, 1.54) is 7.11 Å². The second-order valence-electron chi connectivity index (χ2n) is 2.25. The number of hydrogen-bond donors (Lipinski definition) is 2. The lowest BCUT2D eigenvalue weighted by molar-refractivity contribution is -0.135. The molecule has 0 saturated carbocycles. The molecule has 0 saturated heterocycles. The molecule has 1 amide bonds. The molecular formula is C8H14N2O3. The van der Waals surface area contributed by atoms with E-state index in [-0.39, 0.29) is 5.91 Å². The van der Waals surface area contributed by atoms with Gasteiger partial charge in [-0.2, -0.15) is 0 Å². The van der Waals surface area contributed by atoms with Gasteiger partial charge in [0.25, 0.3) is 0 Å². The van der Waals surface area contributed by atoms with E-state index >= 15 is 0 Å². The van der Waals surface area contributed by atoms with Crippen LogP contribution in [0.3, 0.4) is 0 Å². The number of ether oxygens (including phenoxy) is 1. The van der Waals surface area contributed by atoms with Gasteiger partial charge in [-0.15, -0.1) is 0 Å². The third-order valence-corrected chi connectivity index (χ3v) is 1.25. The van der Waals surface area contributed by atoms with Crippen LogP contribution in [0, 0.1) is 0 Å². The molecule has 0 spiro atoms. The Morgan fingerprint density at radius 1 is 1.31 bits per heavy atom. The first-order valence-corrected chi connectivity index (χ1v) is 3.89. The van der Waals surface area contributed by atoms with Crippen molar-refractivity contribution in [2.75, 3.05) is 27.2 Å². The molecule has 0 atom stereocenters. The molecule has 0 aromatic carbocycles. The summed E-state index contributed by atoms with van der Waals surface area (Å²) in [4.78, 5) is 21.4. The summed E-state index contributed by atoms with van der Waals surface area (Å²) < 4.78 is 4.31. The van der Waals surface area contributed by atoms with Crippen LogP contribution in [0.4, 0.5) is 0 Å². The highest BCUT2D eigenvalue weighted by atomic mass is 16.5. The predicted molar refractivity (Wildman–Crippen MR) is 48.1 cm³/mol. The molecule has 5 heteroatoms. The van der Waals surface area contributed by atoms with Crippen LogP contribution in [0.1, 0.15) is 0 Å². The molecule has 0 aliphatic heterocycles. The zero-order valence-electron chi connectivity index (χ0n) is 7.79. The van der Waals surface area contributed by atoms with Crippen molar-refractivity contribution < 1.29 is 14.3 Å². The molecule has 0 aliphatic carbocycles. The fourth-order valence-electron chi connectivity index (χ4n) is 0.581. The maximum absolute atomic E-state index is 10.9. The minimum Gasteiger partial charge on any atom is -0.466 e. The zero-order valence-corrected chi connectivity index (χ0v) is 7.79. The molecule has 0 radical (unpaired) electrons. The largest absolute Gasteiger partial charge is 0.466 e. The lowest BCUT2D eigenvalue weighted by atomic mass is 10.4. The topological polar surface area (TPSA) is 67.4 Å². The Morgan fingerprint density at radius 3 is 2.54 bits per heavy atom. The number of methoxy groups -OCH3 is 1. The zero-order chi connectivity index (χ0) is 10.1. The first kappa shape index (κ1) is 11.6. The highest BCUT2D eigenvalue weighted by molar-refractivity contribution is 5.94. The summed E-state index contributed by atoms with van der Waals surface area (Å²) in [5.41, 5.74) is 0. The molecular weight excluding hydrogens is 172 g/mol. The van der Waals surface area contributed by atoms with Crippen LogP contribution in [-0.4, -0.2) is 39.1 Å². The van der Waals surface area contributed by atoms with Gasteiger partial charge in [-0.3, -0.25) is 4.79 Å². The summed E-state index contributed by atoms with van der Waals surface area (Å²) in [6.07, 6.45) is 2.22. The molecule has 74 valence electrons. The highest BCUT2D eigenvalue weighted by Gasteiger charge is 1.95. The summed E-state index contributed by atoms with van der Waals surface area (Å²) >= 11 is 0. The lowest BCUT2D eigenvalue weighted by Crippen LogP contribution is -2.29. The first-order valence-electron chi connectivity index (χ1n) is 3.89. The van der Waals surface area contributed by atoms with Crippen LogP contribution >= 0.6 is 0 Å². The van der Waals surface area contributed by atoms with Crippen LogP contribution in [0.15, 0.2) is 12.2 Å². The fraction of sp³-hybridized carbons (Fsp3) is 0.500. The van der Waals surface area contributed by atoms with Crippen molar-refractivity contribution in [1.29, 1.82) is 0 Å². The standard InChI is InChI=1S/C8H14N2O3/c1-9-5-6-10-7(11)3-4-8(12)13-2/h3-4,9H,5-6H2,1-2H3,(H,10,11)/b4-3-. The normalized spacial score (nSPS) is 10.0. The summed E-state index contributed by atoms with van der Waals surface area (Å²) in [6.45, 7) is 1.22. The van der Waals surface area contributed by atoms with E-state index in [0.29, 0.717) is 13.1 Å². The average molecular weight is 186 g/mol. The molecule has 0 aliphatic rings. The number of esters is 1. The molecule has 5 nitrogen and oxygen atoms in total. The fourth-order valence-corrected chi connectivity index (χ4v) is 0.581. The molecule has 0 unspecified atom stereocenters. The lowest BCUT2D eigenvalue weighted by Gasteiger charge is -1.99. The van der Waals surface area contributed by atoms with E-state index in [4.69, 9.17) is 0 Å². The predicted octanol–water partition coefficient (Wildman–Crippen LogP) is -0.949. The van der Waals surface area contributed by atoms with E-state index < -0.39 is 5.97 Å². The van der Waals surface area contributed by atoms with Crippen LogP contribution in [0.25, 0.3) is 0 Å². The molecule has 0 aromatic heterocycles. The van der Waals surface area contributed by atoms with Crippen molar-refractivity contribution in [1.82, 2.24) is 10.6 Å². The van der Waals surface area contributed by atoms with E-state index in [0.717, 1.165) is 12.2 Å². The Bertz CT molecular complexity index is 202. The number of likely N-dealkylation sites (N-methyl/N-ethyl adjacent to an activating group) is 1. The average Bonchev–Trinajstić information content (AvgIpc) is 2.14. The number of rotatable bonds is 5. The van der Waals surface area contributed by atoms with Crippen molar-refractivity contribution in [3.8, 4) is 0 Å². The van der Waals surface area contributed by atoms with Gasteiger partial charge in [0.2, 0.25) is 5.91 Å². The third kappa shape index (κ3) is 7.02. The minimum absolute atomic E-state index is 0.305. The molecule has 0 rings (SSSR count).